The summed E-state index contributed by atoms with van der Waals surface area (Å²) in [7, 11) is 0. The molecule has 16 heavy (non-hydrogen) atoms. The molecule has 4 N–H and O–H groups in total. The van der Waals surface area contributed by atoms with Crippen molar-refractivity contribution >= 4 is 11.9 Å². The maximum absolute atomic E-state index is 9.88. The second kappa shape index (κ2) is 11.4. The summed E-state index contributed by atoms with van der Waals surface area (Å²) in [6, 6.07) is 0. The van der Waals surface area contributed by atoms with Crippen LogP contribution in [-0.4, -0.2) is 45.6 Å². The van der Waals surface area contributed by atoms with Crippen LogP contribution in [-0.2, 0) is 9.59 Å². The Hall–Kier alpha value is -1.66. The molecule has 0 rings (SSSR count). The summed E-state index contributed by atoms with van der Waals surface area (Å²) in [5.74, 6) is -2.02. The van der Waals surface area contributed by atoms with Gasteiger partial charge in [-0.15, -0.1) is 0 Å². The monoisotopic (exact) mass is 232 g/mol. The average molecular weight is 232 g/mol. The zero-order chi connectivity index (χ0) is 13.0. The number of hydrogen-bond donors (Lipinski definition) is 4. The molecule has 0 atom stereocenters. The molecule has 0 spiro atoms. The molecule has 92 valence electrons. The van der Waals surface area contributed by atoms with Crippen molar-refractivity contribution in [2.24, 2.45) is 0 Å². The maximum atomic E-state index is 9.88. The summed E-state index contributed by atoms with van der Waals surface area (Å²) in [4.78, 5) is 19.6. The Morgan fingerprint density at radius 2 is 1.69 bits per heavy atom. The SMILES string of the molecule is C=C(CCO)C(=O)O.O=C(O)C=CCCO. The number of rotatable bonds is 6. The molecule has 0 aliphatic carbocycles. The van der Waals surface area contributed by atoms with Crippen LogP contribution < -0.4 is 0 Å². The lowest BCUT2D eigenvalue weighted by atomic mass is 10.2. The van der Waals surface area contributed by atoms with E-state index in [-0.39, 0.29) is 25.2 Å². The quantitative estimate of drug-likeness (QED) is 0.480. The van der Waals surface area contributed by atoms with Crippen LogP contribution >= 0.6 is 0 Å². The van der Waals surface area contributed by atoms with Gasteiger partial charge >= 0.3 is 11.9 Å². The van der Waals surface area contributed by atoms with Gasteiger partial charge in [-0.3, -0.25) is 0 Å². The van der Waals surface area contributed by atoms with Crippen LogP contribution in [0.25, 0.3) is 0 Å². The van der Waals surface area contributed by atoms with Gasteiger partial charge in [0.1, 0.15) is 0 Å². The van der Waals surface area contributed by atoms with E-state index in [1.807, 2.05) is 0 Å². The summed E-state index contributed by atoms with van der Waals surface area (Å²) in [5.41, 5.74) is 0.0486. The summed E-state index contributed by atoms with van der Waals surface area (Å²) < 4.78 is 0. The lowest BCUT2D eigenvalue weighted by Gasteiger charge is -1.91. The first kappa shape index (κ1) is 16.8. The molecule has 0 bridgehead atoms. The summed E-state index contributed by atoms with van der Waals surface area (Å²) >= 11 is 0. The number of aliphatic carboxylic acids is 2. The van der Waals surface area contributed by atoms with E-state index in [0.717, 1.165) is 6.08 Å². The van der Waals surface area contributed by atoms with E-state index in [1.54, 1.807) is 0 Å². The summed E-state index contributed by atoms with van der Waals surface area (Å²) in [6.07, 6.45) is 2.97. The van der Waals surface area contributed by atoms with Crippen LogP contribution in [0.2, 0.25) is 0 Å². The highest BCUT2D eigenvalue weighted by atomic mass is 16.4. The van der Waals surface area contributed by atoms with E-state index in [1.165, 1.54) is 6.08 Å². The zero-order valence-electron chi connectivity index (χ0n) is 8.80. The highest BCUT2D eigenvalue weighted by Gasteiger charge is 1.99. The molecule has 0 radical (unpaired) electrons. The molecule has 0 aliphatic rings. The summed E-state index contributed by atoms with van der Waals surface area (Å²) in [6.45, 7) is 3.04. The molecule has 0 saturated carbocycles. The van der Waals surface area contributed by atoms with Crippen molar-refractivity contribution < 1.29 is 30.0 Å². The van der Waals surface area contributed by atoms with Crippen molar-refractivity contribution in [2.45, 2.75) is 12.8 Å². The third-order valence-electron chi connectivity index (χ3n) is 1.27. The molecular weight excluding hydrogens is 216 g/mol. The van der Waals surface area contributed by atoms with Crippen LogP contribution in [0.1, 0.15) is 12.8 Å². The Balaban J connectivity index is 0. The predicted molar refractivity (Wildman–Crippen MR) is 57.0 cm³/mol. The highest BCUT2D eigenvalue weighted by Crippen LogP contribution is 1.94. The molecule has 0 aromatic heterocycles. The Bertz CT molecular complexity index is 256. The minimum Gasteiger partial charge on any atom is -0.478 e. The third-order valence-corrected chi connectivity index (χ3v) is 1.27. The molecule has 0 aromatic carbocycles. The van der Waals surface area contributed by atoms with Crippen molar-refractivity contribution in [1.29, 1.82) is 0 Å². The number of carbonyl (C=O) groups is 2. The Morgan fingerprint density at radius 1 is 1.12 bits per heavy atom. The van der Waals surface area contributed by atoms with E-state index >= 15 is 0 Å². The first-order chi connectivity index (χ1) is 7.45. The smallest absolute Gasteiger partial charge is 0.331 e. The van der Waals surface area contributed by atoms with Crippen molar-refractivity contribution in [1.82, 2.24) is 0 Å². The first-order valence-electron chi connectivity index (χ1n) is 4.48. The van der Waals surface area contributed by atoms with E-state index in [4.69, 9.17) is 20.4 Å². The fraction of sp³-hybridized carbons (Fsp3) is 0.400. The van der Waals surface area contributed by atoms with Crippen LogP contribution in [0.3, 0.4) is 0 Å². The topological polar surface area (TPSA) is 115 Å². The molecule has 6 heteroatoms. The van der Waals surface area contributed by atoms with Crippen LogP contribution in [0, 0.1) is 0 Å². The minimum absolute atomic E-state index is 0.00375. The van der Waals surface area contributed by atoms with Crippen LogP contribution in [0.4, 0.5) is 0 Å². The van der Waals surface area contributed by atoms with E-state index in [2.05, 4.69) is 6.58 Å². The fourth-order valence-electron chi connectivity index (χ4n) is 0.501. The maximum Gasteiger partial charge on any atom is 0.331 e. The number of carboxylic acid groups (broad SMARTS) is 2. The highest BCUT2D eigenvalue weighted by molar-refractivity contribution is 5.85. The second-order valence-corrected chi connectivity index (χ2v) is 2.64. The normalized spacial score (nSPS) is 9.38. The number of hydrogen-bond acceptors (Lipinski definition) is 4. The molecule has 0 aromatic rings. The van der Waals surface area contributed by atoms with E-state index in [9.17, 15) is 9.59 Å². The lowest BCUT2D eigenvalue weighted by molar-refractivity contribution is -0.133. The molecule has 0 amide bonds. The lowest BCUT2D eigenvalue weighted by Crippen LogP contribution is -2.00. The largest absolute Gasteiger partial charge is 0.478 e. The first-order valence-corrected chi connectivity index (χ1v) is 4.48. The van der Waals surface area contributed by atoms with Crippen LogP contribution in [0.5, 0.6) is 0 Å². The predicted octanol–water partition coefficient (Wildman–Crippen LogP) is 0.0192. The van der Waals surface area contributed by atoms with Crippen molar-refractivity contribution in [2.75, 3.05) is 13.2 Å². The second-order valence-electron chi connectivity index (χ2n) is 2.64. The molecular formula is C10H16O6. The van der Waals surface area contributed by atoms with E-state index in [0.29, 0.717) is 6.42 Å². The Labute approximate surface area is 93.2 Å². The molecule has 0 heterocycles. The Kier molecular flexibility index (Phi) is 12.0. The third kappa shape index (κ3) is 14.8. The number of aliphatic hydroxyl groups is 2. The van der Waals surface area contributed by atoms with Gasteiger partial charge in [0.05, 0.1) is 0 Å². The van der Waals surface area contributed by atoms with Gasteiger partial charge in [-0.2, -0.15) is 0 Å². The van der Waals surface area contributed by atoms with Crippen molar-refractivity contribution in [3.63, 3.8) is 0 Å². The molecule has 6 nitrogen and oxygen atoms in total. The standard InChI is InChI=1S/2C5H8O3/c1-4(2-3-6)5(7)8;6-4-2-1-3-5(7)8/h6H,1-3H2,(H,7,8);1,3,6H,2,4H2,(H,7,8). The van der Waals surface area contributed by atoms with Gasteiger partial charge < -0.3 is 20.4 Å². The zero-order valence-corrected chi connectivity index (χ0v) is 8.80. The van der Waals surface area contributed by atoms with Gasteiger partial charge in [-0.05, 0) is 6.42 Å². The van der Waals surface area contributed by atoms with E-state index < -0.39 is 11.9 Å². The van der Waals surface area contributed by atoms with Crippen molar-refractivity contribution in [3.8, 4) is 0 Å². The summed E-state index contributed by atoms with van der Waals surface area (Å²) in [5, 5.41) is 32.4. The van der Waals surface area contributed by atoms with Gasteiger partial charge in [0.15, 0.2) is 0 Å². The fourth-order valence-corrected chi connectivity index (χ4v) is 0.501. The molecule has 0 aliphatic heterocycles. The molecule has 0 saturated heterocycles. The molecule has 0 fully saturated rings. The van der Waals surface area contributed by atoms with Crippen LogP contribution in [0.15, 0.2) is 24.3 Å². The number of carboxylic acids is 2. The average Bonchev–Trinajstić information content (AvgIpc) is 2.19. The van der Waals surface area contributed by atoms with Gasteiger partial charge in [0.2, 0.25) is 0 Å². The van der Waals surface area contributed by atoms with Gasteiger partial charge in [0.25, 0.3) is 0 Å². The van der Waals surface area contributed by atoms with Gasteiger partial charge in [0, 0.05) is 31.3 Å². The number of aliphatic hydroxyl groups excluding tert-OH is 2. The Morgan fingerprint density at radius 3 is 1.94 bits per heavy atom. The van der Waals surface area contributed by atoms with Gasteiger partial charge in [-0.25, -0.2) is 9.59 Å². The van der Waals surface area contributed by atoms with Crippen molar-refractivity contribution in [3.05, 3.63) is 24.3 Å². The molecule has 0 unspecified atom stereocenters. The van der Waals surface area contributed by atoms with Gasteiger partial charge in [-0.1, -0.05) is 12.7 Å². The minimum atomic E-state index is -1.04.